The highest BCUT2D eigenvalue weighted by molar-refractivity contribution is 5.67. The second kappa shape index (κ2) is 12.6. The second-order valence-electron chi connectivity index (χ2n) is 1.77. The zero-order chi connectivity index (χ0) is 9.82. The van der Waals surface area contributed by atoms with E-state index in [1.807, 2.05) is 20.8 Å². The Bertz CT molecular complexity index is 146. The molecule has 0 N–H and O–H groups in total. The number of ether oxygens (including phenoxy) is 1. The van der Waals surface area contributed by atoms with Crippen molar-refractivity contribution in [2.24, 2.45) is 0 Å². The van der Waals surface area contributed by atoms with E-state index < -0.39 is 0 Å². The molecule has 0 amide bonds. The molecule has 0 spiro atoms. The van der Waals surface area contributed by atoms with Gasteiger partial charge in [-0.1, -0.05) is 20.8 Å². The van der Waals surface area contributed by atoms with Gasteiger partial charge in [0.2, 0.25) is 0 Å². The van der Waals surface area contributed by atoms with Crippen LogP contribution in [-0.2, 0) is 9.53 Å². The minimum Gasteiger partial charge on any atom is -0.504 e. The van der Waals surface area contributed by atoms with E-state index in [0.717, 1.165) is 18.3 Å². The third-order valence-electron chi connectivity index (χ3n) is 1.11. The lowest BCUT2D eigenvalue weighted by molar-refractivity contribution is -0.104. The summed E-state index contributed by atoms with van der Waals surface area (Å²) in [5.74, 6) is 0. The summed E-state index contributed by atoms with van der Waals surface area (Å²) >= 11 is 0. The third kappa shape index (κ3) is 8.95. The van der Waals surface area contributed by atoms with E-state index in [2.05, 4.69) is 4.74 Å². The van der Waals surface area contributed by atoms with Crippen molar-refractivity contribution in [3.05, 3.63) is 24.0 Å². The maximum Gasteiger partial charge on any atom is 0.143 e. The molecular formula is C10H18O2. The van der Waals surface area contributed by atoms with Crippen LogP contribution < -0.4 is 0 Å². The van der Waals surface area contributed by atoms with E-state index >= 15 is 0 Å². The molecule has 2 nitrogen and oxygen atoms in total. The van der Waals surface area contributed by atoms with Crippen LogP contribution in [0.5, 0.6) is 0 Å². The van der Waals surface area contributed by atoms with Crippen molar-refractivity contribution < 1.29 is 9.53 Å². The average Bonchev–Trinajstić information content (AvgIpc) is 2.15. The Labute approximate surface area is 74.9 Å². The van der Waals surface area contributed by atoms with Gasteiger partial charge in [-0.2, -0.15) is 0 Å². The van der Waals surface area contributed by atoms with Crippen LogP contribution in [0.3, 0.4) is 0 Å². The third-order valence-corrected chi connectivity index (χ3v) is 1.11. The van der Waals surface area contributed by atoms with E-state index in [4.69, 9.17) is 0 Å². The van der Waals surface area contributed by atoms with E-state index in [1.165, 1.54) is 6.08 Å². The van der Waals surface area contributed by atoms with Gasteiger partial charge < -0.3 is 4.74 Å². The van der Waals surface area contributed by atoms with Gasteiger partial charge in [-0.05, 0) is 24.1 Å². The standard InChI is InChI=1S/C8H12O2.C2H6/c1-3-8(4-6-9)5-7-10-2;1-2/h4-7H,3H2,1-2H3;1-2H3/b7-5-,8-4-;. The first-order valence-corrected chi connectivity index (χ1v) is 4.18. The molecule has 0 atom stereocenters. The van der Waals surface area contributed by atoms with Crippen LogP contribution in [0.2, 0.25) is 0 Å². The Morgan fingerprint density at radius 2 is 2.00 bits per heavy atom. The minimum atomic E-state index is 0.777. The Balaban J connectivity index is 0. The first kappa shape index (κ1) is 13.5. The van der Waals surface area contributed by atoms with E-state index in [1.54, 1.807) is 19.4 Å². The summed E-state index contributed by atoms with van der Waals surface area (Å²) in [4.78, 5) is 9.99. The lowest BCUT2D eigenvalue weighted by Crippen LogP contribution is -1.76. The van der Waals surface area contributed by atoms with Gasteiger partial charge in [0.1, 0.15) is 6.29 Å². The topological polar surface area (TPSA) is 26.3 Å². The fourth-order valence-electron chi connectivity index (χ4n) is 0.534. The van der Waals surface area contributed by atoms with Crippen molar-refractivity contribution in [3.63, 3.8) is 0 Å². The molecule has 0 aliphatic carbocycles. The van der Waals surface area contributed by atoms with Gasteiger partial charge in [0.25, 0.3) is 0 Å². The molecule has 0 aromatic carbocycles. The Hall–Kier alpha value is -1.05. The molecule has 0 aromatic rings. The number of carbonyl (C=O) groups is 1. The fraction of sp³-hybridized carbons (Fsp3) is 0.500. The van der Waals surface area contributed by atoms with Crippen LogP contribution in [0, 0.1) is 0 Å². The molecule has 0 rings (SSSR count). The average molecular weight is 170 g/mol. The van der Waals surface area contributed by atoms with Gasteiger partial charge in [-0.15, -0.1) is 0 Å². The van der Waals surface area contributed by atoms with E-state index in [9.17, 15) is 4.79 Å². The number of methoxy groups -OCH3 is 1. The van der Waals surface area contributed by atoms with Gasteiger partial charge in [0, 0.05) is 0 Å². The second-order valence-corrected chi connectivity index (χ2v) is 1.77. The highest BCUT2D eigenvalue weighted by atomic mass is 16.5. The highest BCUT2D eigenvalue weighted by Gasteiger charge is 1.84. The summed E-state index contributed by atoms with van der Waals surface area (Å²) in [5.41, 5.74) is 0.969. The molecule has 0 saturated carbocycles. The summed E-state index contributed by atoms with van der Waals surface area (Å²) in [5, 5.41) is 0. The largest absolute Gasteiger partial charge is 0.504 e. The van der Waals surface area contributed by atoms with E-state index in [-0.39, 0.29) is 0 Å². The van der Waals surface area contributed by atoms with Crippen LogP contribution in [-0.4, -0.2) is 13.4 Å². The number of allylic oxidation sites excluding steroid dienone is 3. The smallest absolute Gasteiger partial charge is 0.143 e. The first-order valence-electron chi connectivity index (χ1n) is 4.18. The fourth-order valence-corrected chi connectivity index (χ4v) is 0.534. The van der Waals surface area contributed by atoms with Crippen LogP contribution in [0.1, 0.15) is 27.2 Å². The first-order chi connectivity index (χ1) is 5.85. The molecular weight excluding hydrogens is 152 g/mol. The summed E-state index contributed by atoms with van der Waals surface area (Å²) in [6.07, 6.45) is 6.47. The molecule has 0 aliphatic heterocycles. The predicted octanol–water partition coefficient (Wildman–Crippen LogP) is 2.71. The molecule has 0 unspecified atom stereocenters. The van der Waals surface area contributed by atoms with Crippen molar-refractivity contribution in [2.75, 3.05) is 7.11 Å². The van der Waals surface area contributed by atoms with Crippen molar-refractivity contribution in [1.29, 1.82) is 0 Å². The lowest BCUT2D eigenvalue weighted by atomic mass is 10.2. The molecule has 0 fully saturated rings. The monoisotopic (exact) mass is 170 g/mol. The molecule has 70 valence electrons. The molecule has 0 heterocycles. The zero-order valence-electron chi connectivity index (χ0n) is 8.33. The van der Waals surface area contributed by atoms with Gasteiger partial charge in [-0.25, -0.2) is 0 Å². The van der Waals surface area contributed by atoms with Crippen molar-refractivity contribution in [3.8, 4) is 0 Å². The van der Waals surface area contributed by atoms with Gasteiger partial charge in [0.05, 0.1) is 13.4 Å². The van der Waals surface area contributed by atoms with Gasteiger partial charge in [0.15, 0.2) is 0 Å². The molecule has 0 aliphatic rings. The van der Waals surface area contributed by atoms with Crippen molar-refractivity contribution in [1.82, 2.24) is 0 Å². The maximum atomic E-state index is 9.99. The maximum absolute atomic E-state index is 9.99. The summed E-state index contributed by atoms with van der Waals surface area (Å²) in [6.45, 7) is 5.98. The summed E-state index contributed by atoms with van der Waals surface area (Å²) < 4.78 is 4.68. The van der Waals surface area contributed by atoms with Crippen LogP contribution in [0.4, 0.5) is 0 Å². The van der Waals surface area contributed by atoms with Gasteiger partial charge >= 0.3 is 0 Å². The number of rotatable bonds is 4. The number of hydrogen-bond acceptors (Lipinski definition) is 2. The molecule has 12 heavy (non-hydrogen) atoms. The van der Waals surface area contributed by atoms with E-state index in [0.29, 0.717) is 0 Å². The Morgan fingerprint density at radius 3 is 2.33 bits per heavy atom. The minimum absolute atomic E-state index is 0.777. The Kier molecular flexibility index (Phi) is 14.2. The molecule has 0 aromatic heterocycles. The normalized spacial score (nSPS) is 10.5. The lowest BCUT2D eigenvalue weighted by Gasteiger charge is -1.91. The Morgan fingerprint density at radius 1 is 1.42 bits per heavy atom. The quantitative estimate of drug-likeness (QED) is 0.280. The molecule has 2 heteroatoms. The number of aldehydes is 1. The SMILES string of the molecule is CC.CCC(/C=C\OC)=C/C=O. The molecule has 0 bridgehead atoms. The highest BCUT2D eigenvalue weighted by Crippen LogP contribution is 2.00. The summed E-state index contributed by atoms with van der Waals surface area (Å²) in [7, 11) is 1.57. The van der Waals surface area contributed by atoms with Gasteiger partial charge in [-0.3, -0.25) is 4.79 Å². The predicted molar refractivity (Wildman–Crippen MR) is 51.9 cm³/mol. The van der Waals surface area contributed by atoms with Crippen molar-refractivity contribution >= 4 is 6.29 Å². The summed E-state index contributed by atoms with van der Waals surface area (Å²) in [6, 6.07) is 0. The molecule has 0 saturated heterocycles. The van der Waals surface area contributed by atoms with Crippen molar-refractivity contribution in [2.45, 2.75) is 27.2 Å². The number of carbonyl (C=O) groups excluding carboxylic acids is 1. The van der Waals surface area contributed by atoms with Crippen LogP contribution in [0.15, 0.2) is 24.0 Å². The number of hydrogen-bond donors (Lipinski definition) is 0. The van der Waals surface area contributed by atoms with Crippen LogP contribution in [0.25, 0.3) is 0 Å². The molecule has 0 radical (unpaired) electrons. The van der Waals surface area contributed by atoms with Crippen LogP contribution >= 0.6 is 0 Å². The zero-order valence-corrected chi connectivity index (χ0v) is 8.33.